The molecule has 1 fully saturated rings. The molecule has 2 amide bonds. The van der Waals surface area contributed by atoms with Crippen molar-refractivity contribution in [3.05, 3.63) is 54.1 Å². The number of benzene rings is 2. The van der Waals surface area contributed by atoms with Crippen LogP contribution < -0.4 is 9.64 Å². The molecule has 0 radical (unpaired) electrons. The second-order valence-corrected chi connectivity index (χ2v) is 8.51. The molecule has 0 saturated carbocycles. The third-order valence-corrected chi connectivity index (χ3v) is 6.65. The fourth-order valence-electron chi connectivity index (χ4n) is 5.02. The van der Waals surface area contributed by atoms with Crippen LogP contribution in [0.4, 0.5) is 5.95 Å². The minimum Gasteiger partial charge on any atom is -0.497 e. The Morgan fingerprint density at radius 2 is 1.91 bits per heavy atom. The zero-order valence-electron chi connectivity index (χ0n) is 18.5. The Bertz CT molecular complexity index is 1150. The highest BCUT2D eigenvalue weighted by molar-refractivity contribution is 6.00. The lowest BCUT2D eigenvalue weighted by atomic mass is 9.92. The zero-order valence-corrected chi connectivity index (χ0v) is 18.5. The van der Waals surface area contributed by atoms with Crippen LogP contribution in [0.1, 0.15) is 37.8 Å². The van der Waals surface area contributed by atoms with Crippen molar-refractivity contribution in [1.82, 2.24) is 14.5 Å². The summed E-state index contributed by atoms with van der Waals surface area (Å²) in [7, 11) is 1.63. The molecule has 0 spiro atoms. The van der Waals surface area contributed by atoms with E-state index < -0.39 is 5.92 Å². The van der Waals surface area contributed by atoms with Gasteiger partial charge < -0.3 is 14.2 Å². The third kappa shape index (κ3) is 3.32. The van der Waals surface area contributed by atoms with Crippen molar-refractivity contribution < 1.29 is 14.3 Å². The fourth-order valence-corrected chi connectivity index (χ4v) is 5.02. The Morgan fingerprint density at radius 1 is 1.12 bits per heavy atom. The standard InChI is InChI=1S/C25H28N4O3/c1-3-4-13-28-22(30)16-19(23(28)17-9-11-18(32-2)12-10-17)24(31)29-15-14-27-21-8-6-5-7-20(21)26-25(27)29/h5-12,19,23H,3-4,13-16H2,1-2H3. The molecule has 32 heavy (non-hydrogen) atoms. The van der Waals surface area contributed by atoms with Gasteiger partial charge in [-0.25, -0.2) is 4.98 Å². The Kier molecular flexibility index (Phi) is 5.33. The van der Waals surface area contributed by atoms with Gasteiger partial charge in [-0.15, -0.1) is 0 Å². The summed E-state index contributed by atoms with van der Waals surface area (Å²) < 4.78 is 7.40. The molecule has 166 valence electrons. The van der Waals surface area contributed by atoms with E-state index in [1.165, 1.54) is 0 Å². The van der Waals surface area contributed by atoms with Crippen LogP contribution in [0.5, 0.6) is 5.75 Å². The predicted molar refractivity (Wildman–Crippen MR) is 123 cm³/mol. The van der Waals surface area contributed by atoms with Crippen LogP contribution in [-0.2, 0) is 16.1 Å². The summed E-state index contributed by atoms with van der Waals surface area (Å²) in [6.07, 6.45) is 2.14. The molecule has 0 aliphatic carbocycles. The minimum absolute atomic E-state index is 0.0211. The highest BCUT2D eigenvalue weighted by Crippen LogP contribution is 2.41. The van der Waals surface area contributed by atoms with Gasteiger partial charge in [0.25, 0.3) is 0 Å². The number of hydrogen-bond donors (Lipinski definition) is 0. The molecule has 3 aromatic rings. The Hall–Kier alpha value is -3.35. The Labute approximate surface area is 187 Å². The number of rotatable bonds is 6. The van der Waals surface area contributed by atoms with Crippen LogP contribution in [-0.4, -0.2) is 46.5 Å². The highest BCUT2D eigenvalue weighted by atomic mass is 16.5. The van der Waals surface area contributed by atoms with Crippen molar-refractivity contribution in [2.24, 2.45) is 5.92 Å². The molecule has 2 aliphatic heterocycles. The molecule has 2 aromatic carbocycles. The topological polar surface area (TPSA) is 67.7 Å². The van der Waals surface area contributed by atoms with Gasteiger partial charge in [0.2, 0.25) is 17.8 Å². The van der Waals surface area contributed by atoms with Crippen molar-refractivity contribution in [2.75, 3.05) is 25.1 Å². The van der Waals surface area contributed by atoms with Crippen LogP contribution in [0.25, 0.3) is 11.0 Å². The van der Waals surface area contributed by atoms with Crippen molar-refractivity contribution in [2.45, 2.75) is 38.8 Å². The molecular formula is C25H28N4O3. The lowest BCUT2D eigenvalue weighted by Gasteiger charge is -2.30. The number of anilines is 1. The number of carbonyl (C=O) groups is 2. The van der Waals surface area contributed by atoms with Crippen LogP contribution in [0.15, 0.2) is 48.5 Å². The summed E-state index contributed by atoms with van der Waals surface area (Å²) in [5.41, 5.74) is 2.90. The number of ether oxygens (including phenoxy) is 1. The number of likely N-dealkylation sites (tertiary alicyclic amines) is 1. The molecule has 7 heteroatoms. The number of unbranched alkanes of at least 4 members (excludes halogenated alkanes) is 1. The number of aromatic nitrogens is 2. The van der Waals surface area contributed by atoms with E-state index in [2.05, 4.69) is 11.5 Å². The van der Waals surface area contributed by atoms with Crippen LogP contribution in [0.2, 0.25) is 0 Å². The summed E-state index contributed by atoms with van der Waals surface area (Å²) in [6, 6.07) is 15.4. The van der Waals surface area contributed by atoms with Crippen molar-refractivity contribution in [3.8, 4) is 5.75 Å². The maximum absolute atomic E-state index is 13.8. The molecule has 2 aliphatic rings. The second-order valence-electron chi connectivity index (χ2n) is 8.51. The van der Waals surface area contributed by atoms with Crippen LogP contribution in [0, 0.1) is 5.92 Å². The van der Waals surface area contributed by atoms with Crippen molar-refractivity contribution >= 4 is 28.8 Å². The Balaban J connectivity index is 1.49. The van der Waals surface area contributed by atoms with Gasteiger partial charge in [0.1, 0.15) is 5.75 Å². The largest absolute Gasteiger partial charge is 0.497 e. The first-order valence-corrected chi connectivity index (χ1v) is 11.3. The molecule has 3 heterocycles. The molecule has 1 aromatic heterocycles. The van der Waals surface area contributed by atoms with E-state index in [9.17, 15) is 9.59 Å². The van der Waals surface area contributed by atoms with Gasteiger partial charge in [-0.1, -0.05) is 37.6 Å². The third-order valence-electron chi connectivity index (χ3n) is 6.65. The first kappa shape index (κ1) is 20.5. The highest BCUT2D eigenvalue weighted by Gasteiger charge is 2.47. The van der Waals surface area contributed by atoms with E-state index in [-0.39, 0.29) is 24.3 Å². The van der Waals surface area contributed by atoms with Gasteiger partial charge in [-0.05, 0) is 36.2 Å². The summed E-state index contributed by atoms with van der Waals surface area (Å²) in [4.78, 5) is 35.2. The number of para-hydroxylation sites is 2. The maximum atomic E-state index is 13.8. The second kappa shape index (κ2) is 8.30. The zero-order chi connectivity index (χ0) is 22.2. The van der Waals surface area contributed by atoms with E-state index in [4.69, 9.17) is 9.72 Å². The van der Waals surface area contributed by atoms with Gasteiger partial charge in [-0.2, -0.15) is 0 Å². The minimum atomic E-state index is -0.431. The SMILES string of the molecule is CCCCN1C(=O)CC(C(=O)N2CCn3c2nc2ccccc23)C1c1ccc(OC)cc1. The normalized spacial score (nSPS) is 20.2. The quantitative estimate of drug-likeness (QED) is 0.595. The van der Waals surface area contributed by atoms with Crippen molar-refractivity contribution in [3.63, 3.8) is 0 Å². The lowest BCUT2D eigenvalue weighted by molar-refractivity contribution is -0.129. The molecule has 2 unspecified atom stereocenters. The number of nitrogens with zero attached hydrogens (tertiary/aromatic N) is 4. The van der Waals surface area contributed by atoms with E-state index in [1.807, 2.05) is 53.4 Å². The number of methoxy groups -OCH3 is 1. The van der Waals surface area contributed by atoms with E-state index in [1.54, 1.807) is 12.0 Å². The van der Waals surface area contributed by atoms with E-state index in [0.29, 0.717) is 19.0 Å². The van der Waals surface area contributed by atoms with E-state index in [0.717, 1.165) is 41.7 Å². The lowest BCUT2D eigenvalue weighted by Crippen LogP contribution is -2.38. The first-order valence-electron chi connectivity index (χ1n) is 11.3. The predicted octanol–water partition coefficient (Wildman–Crippen LogP) is 3.78. The number of fused-ring (bicyclic) bond motifs is 3. The molecule has 5 rings (SSSR count). The molecule has 0 bridgehead atoms. The van der Waals surface area contributed by atoms with Gasteiger partial charge in [0.05, 0.1) is 30.1 Å². The first-order chi connectivity index (χ1) is 15.6. The summed E-state index contributed by atoms with van der Waals surface area (Å²) in [6.45, 7) is 4.07. The van der Waals surface area contributed by atoms with Crippen LogP contribution in [0.3, 0.4) is 0 Å². The van der Waals surface area contributed by atoms with Crippen molar-refractivity contribution in [1.29, 1.82) is 0 Å². The number of hydrogen-bond acceptors (Lipinski definition) is 4. The average Bonchev–Trinajstić information content (AvgIpc) is 3.49. The van der Waals surface area contributed by atoms with Crippen LogP contribution >= 0.6 is 0 Å². The van der Waals surface area contributed by atoms with Gasteiger partial charge in [-0.3, -0.25) is 14.5 Å². The number of imidazole rings is 1. The average molecular weight is 433 g/mol. The van der Waals surface area contributed by atoms with Gasteiger partial charge in [0, 0.05) is 26.1 Å². The van der Waals surface area contributed by atoms with Gasteiger partial charge in [0.15, 0.2) is 0 Å². The smallest absolute Gasteiger partial charge is 0.235 e. The summed E-state index contributed by atoms with van der Waals surface area (Å²) in [5, 5.41) is 0. The molecule has 2 atom stereocenters. The maximum Gasteiger partial charge on any atom is 0.235 e. The number of amides is 2. The van der Waals surface area contributed by atoms with Gasteiger partial charge >= 0.3 is 0 Å². The van der Waals surface area contributed by atoms with E-state index >= 15 is 0 Å². The number of carbonyl (C=O) groups excluding carboxylic acids is 2. The summed E-state index contributed by atoms with van der Waals surface area (Å²) >= 11 is 0. The molecule has 7 nitrogen and oxygen atoms in total. The summed E-state index contributed by atoms with van der Waals surface area (Å²) in [5.74, 6) is 1.04. The monoisotopic (exact) mass is 432 g/mol. The Morgan fingerprint density at radius 3 is 2.66 bits per heavy atom. The molecular weight excluding hydrogens is 404 g/mol. The molecule has 1 saturated heterocycles. The fraction of sp³-hybridized carbons (Fsp3) is 0.400. The molecule has 0 N–H and O–H groups in total.